The van der Waals surface area contributed by atoms with Gasteiger partial charge in [0.05, 0.1) is 15.6 Å². The molecule has 0 unspecified atom stereocenters. The molecule has 0 aliphatic carbocycles. The van der Waals surface area contributed by atoms with Gasteiger partial charge in [0.25, 0.3) is 5.91 Å². The van der Waals surface area contributed by atoms with E-state index >= 15 is 0 Å². The van der Waals surface area contributed by atoms with Crippen molar-refractivity contribution in [2.45, 2.75) is 19.4 Å². The second-order valence-corrected chi connectivity index (χ2v) is 6.81. The van der Waals surface area contributed by atoms with E-state index < -0.39 is 18.5 Å². The van der Waals surface area contributed by atoms with E-state index in [-0.39, 0.29) is 31.0 Å². The maximum atomic E-state index is 12.8. The number of halogens is 2. The number of Topliss-reactive ketones (excluding diaryl/α,β-unsaturated/α-hetero) is 1. The molecular formula is C17H15ClFNO4S. The molecule has 2 aromatic rings. The molecule has 1 heterocycles. The molecule has 1 aromatic heterocycles. The highest BCUT2D eigenvalue weighted by Crippen LogP contribution is 2.22. The predicted molar refractivity (Wildman–Crippen MR) is 92.1 cm³/mol. The molecular weight excluding hydrogens is 369 g/mol. The lowest BCUT2D eigenvalue weighted by atomic mass is 10.2. The van der Waals surface area contributed by atoms with Gasteiger partial charge in [-0.2, -0.15) is 0 Å². The Bertz CT molecular complexity index is 760. The number of rotatable bonds is 8. The molecule has 0 aliphatic rings. The van der Waals surface area contributed by atoms with E-state index in [2.05, 4.69) is 5.32 Å². The fraction of sp³-hybridized carbons (Fsp3) is 0.235. The van der Waals surface area contributed by atoms with Crippen LogP contribution in [0.15, 0.2) is 36.4 Å². The van der Waals surface area contributed by atoms with Crippen LogP contribution in [0.5, 0.6) is 0 Å². The molecule has 2 rings (SSSR count). The first kappa shape index (κ1) is 19.1. The number of esters is 1. The van der Waals surface area contributed by atoms with Crippen LogP contribution in [0.3, 0.4) is 0 Å². The third kappa shape index (κ3) is 6.64. The van der Waals surface area contributed by atoms with Gasteiger partial charge in [-0.05, 0) is 29.8 Å². The monoisotopic (exact) mass is 383 g/mol. The maximum absolute atomic E-state index is 12.8. The molecule has 5 nitrogen and oxygen atoms in total. The van der Waals surface area contributed by atoms with E-state index in [1.165, 1.54) is 12.1 Å². The molecule has 0 saturated carbocycles. The molecule has 1 aromatic carbocycles. The summed E-state index contributed by atoms with van der Waals surface area (Å²) in [5.74, 6) is -1.67. The van der Waals surface area contributed by atoms with Crippen LogP contribution in [0.2, 0.25) is 4.34 Å². The number of ketones is 1. The normalized spacial score (nSPS) is 10.3. The summed E-state index contributed by atoms with van der Waals surface area (Å²) in [4.78, 5) is 35.5. The minimum Gasteiger partial charge on any atom is -0.456 e. The van der Waals surface area contributed by atoms with Crippen LogP contribution in [0, 0.1) is 5.82 Å². The van der Waals surface area contributed by atoms with Crippen LogP contribution in [-0.2, 0) is 20.9 Å². The molecule has 0 spiro atoms. The summed E-state index contributed by atoms with van der Waals surface area (Å²) in [6, 6.07) is 8.89. The average molecular weight is 384 g/mol. The third-order valence-electron chi connectivity index (χ3n) is 3.17. The van der Waals surface area contributed by atoms with Gasteiger partial charge < -0.3 is 10.1 Å². The van der Waals surface area contributed by atoms with Crippen molar-refractivity contribution in [3.8, 4) is 0 Å². The molecule has 8 heteroatoms. The Morgan fingerprint density at radius 1 is 1.08 bits per heavy atom. The highest BCUT2D eigenvalue weighted by atomic mass is 35.5. The summed E-state index contributed by atoms with van der Waals surface area (Å²) in [6.07, 6.45) is -0.119. The molecule has 0 saturated heterocycles. The van der Waals surface area contributed by atoms with Gasteiger partial charge in [0.1, 0.15) is 5.82 Å². The van der Waals surface area contributed by atoms with E-state index in [1.54, 1.807) is 24.3 Å². The average Bonchev–Trinajstić information content (AvgIpc) is 3.04. The van der Waals surface area contributed by atoms with Crippen molar-refractivity contribution in [1.82, 2.24) is 5.32 Å². The van der Waals surface area contributed by atoms with E-state index in [0.717, 1.165) is 16.9 Å². The first-order valence-electron chi connectivity index (χ1n) is 7.39. The quantitative estimate of drug-likeness (QED) is 0.560. The first-order valence-corrected chi connectivity index (χ1v) is 8.59. The van der Waals surface area contributed by atoms with Gasteiger partial charge in [0.2, 0.25) is 0 Å². The zero-order valence-electron chi connectivity index (χ0n) is 13.1. The number of hydrogen-bond acceptors (Lipinski definition) is 5. The molecule has 25 heavy (non-hydrogen) atoms. The van der Waals surface area contributed by atoms with Crippen LogP contribution in [-0.4, -0.2) is 24.3 Å². The van der Waals surface area contributed by atoms with Crippen molar-refractivity contribution in [2.75, 3.05) is 6.61 Å². The third-order valence-corrected chi connectivity index (χ3v) is 4.44. The predicted octanol–water partition coefficient (Wildman–Crippen LogP) is 3.36. The second-order valence-electron chi connectivity index (χ2n) is 5.09. The molecule has 0 atom stereocenters. The van der Waals surface area contributed by atoms with E-state index in [1.807, 2.05) is 0 Å². The lowest BCUT2D eigenvalue weighted by molar-refractivity contribution is -0.148. The highest BCUT2D eigenvalue weighted by molar-refractivity contribution is 7.18. The Morgan fingerprint density at radius 3 is 2.44 bits per heavy atom. The Morgan fingerprint density at radius 2 is 1.80 bits per heavy atom. The fourth-order valence-electron chi connectivity index (χ4n) is 1.88. The smallest absolute Gasteiger partial charge is 0.306 e. The van der Waals surface area contributed by atoms with E-state index in [4.69, 9.17) is 16.3 Å². The number of thiophene rings is 1. The van der Waals surface area contributed by atoms with Gasteiger partial charge in [-0.1, -0.05) is 23.7 Å². The van der Waals surface area contributed by atoms with E-state index in [0.29, 0.717) is 9.21 Å². The van der Waals surface area contributed by atoms with Gasteiger partial charge in [0, 0.05) is 13.0 Å². The van der Waals surface area contributed by atoms with Gasteiger partial charge >= 0.3 is 5.97 Å². The summed E-state index contributed by atoms with van der Waals surface area (Å²) < 4.78 is 18.1. The molecule has 132 valence electrons. The van der Waals surface area contributed by atoms with E-state index in [9.17, 15) is 18.8 Å². The van der Waals surface area contributed by atoms with Crippen LogP contribution in [0.1, 0.15) is 28.1 Å². The fourth-order valence-corrected chi connectivity index (χ4v) is 2.89. The number of hydrogen-bond donors (Lipinski definition) is 1. The molecule has 0 aliphatic heterocycles. The van der Waals surface area contributed by atoms with Crippen molar-refractivity contribution in [3.05, 3.63) is 57.0 Å². The van der Waals surface area contributed by atoms with Gasteiger partial charge in [-0.3, -0.25) is 14.4 Å². The van der Waals surface area contributed by atoms with Gasteiger partial charge in [0.15, 0.2) is 12.4 Å². The first-order chi connectivity index (χ1) is 11.9. The SMILES string of the molecule is O=C(COC(=O)CCC(=O)c1ccc(Cl)s1)NCc1ccc(F)cc1. The summed E-state index contributed by atoms with van der Waals surface area (Å²) in [5.41, 5.74) is 0.723. The number of ether oxygens (including phenoxy) is 1. The topological polar surface area (TPSA) is 72.5 Å². The van der Waals surface area contributed by atoms with Crippen molar-refractivity contribution >= 4 is 40.6 Å². The number of nitrogens with one attached hydrogen (secondary N) is 1. The molecule has 1 N–H and O–H groups in total. The number of benzene rings is 1. The zero-order chi connectivity index (χ0) is 18.2. The van der Waals surface area contributed by atoms with Crippen LogP contribution >= 0.6 is 22.9 Å². The Balaban J connectivity index is 1.64. The number of amides is 1. The highest BCUT2D eigenvalue weighted by Gasteiger charge is 2.13. The molecule has 0 radical (unpaired) electrons. The summed E-state index contributed by atoms with van der Waals surface area (Å²) in [5, 5.41) is 2.55. The summed E-state index contributed by atoms with van der Waals surface area (Å²) in [7, 11) is 0. The molecule has 0 fully saturated rings. The standard InChI is InChI=1S/C17H15ClFNO4S/c18-15-7-6-14(25-15)13(21)5-8-17(23)24-10-16(22)20-9-11-1-3-12(19)4-2-11/h1-4,6-7H,5,8-10H2,(H,20,22). The van der Waals surface area contributed by atoms with Crippen LogP contribution < -0.4 is 5.32 Å². The van der Waals surface area contributed by atoms with Gasteiger partial charge in [-0.25, -0.2) is 4.39 Å². The van der Waals surface area contributed by atoms with Crippen LogP contribution in [0.25, 0.3) is 0 Å². The molecule has 0 bridgehead atoms. The summed E-state index contributed by atoms with van der Waals surface area (Å²) >= 11 is 6.89. The van der Waals surface area contributed by atoms with Gasteiger partial charge in [-0.15, -0.1) is 11.3 Å². The largest absolute Gasteiger partial charge is 0.456 e. The minimum atomic E-state index is -0.632. The van der Waals surface area contributed by atoms with Crippen LogP contribution in [0.4, 0.5) is 4.39 Å². The van der Waals surface area contributed by atoms with Crippen molar-refractivity contribution in [2.24, 2.45) is 0 Å². The van der Waals surface area contributed by atoms with Crippen molar-refractivity contribution in [1.29, 1.82) is 0 Å². The van der Waals surface area contributed by atoms with Crippen molar-refractivity contribution < 1.29 is 23.5 Å². The summed E-state index contributed by atoms with van der Waals surface area (Å²) in [6.45, 7) is -0.229. The Kier molecular flexibility index (Phi) is 7.09. The maximum Gasteiger partial charge on any atom is 0.306 e. The minimum absolute atomic E-state index is 0.00707. The zero-order valence-corrected chi connectivity index (χ0v) is 14.7. The molecule has 1 amide bonds. The number of carbonyl (C=O) groups excluding carboxylic acids is 3. The number of carbonyl (C=O) groups is 3. The Labute approximate surface area is 152 Å². The lowest BCUT2D eigenvalue weighted by Crippen LogP contribution is -2.28. The Hall–Kier alpha value is -2.25. The second kappa shape index (κ2) is 9.29. The lowest BCUT2D eigenvalue weighted by Gasteiger charge is -2.06. The van der Waals surface area contributed by atoms with Crippen molar-refractivity contribution in [3.63, 3.8) is 0 Å².